The summed E-state index contributed by atoms with van der Waals surface area (Å²) in [6.45, 7) is 0. The van der Waals surface area contributed by atoms with E-state index in [4.69, 9.17) is 20.8 Å². The predicted molar refractivity (Wildman–Crippen MR) is 60.5 cm³/mol. The van der Waals surface area contributed by atoms with Crippen LogP contribution < -0.4 is 4.74 Å². The van der Waals surface area contributed by atoms with Gasteiger partial charge in [0.2, 0.25) is 0 Å². The smallest absolute Gasteiger partial charge is 0.271 e. The number of ether oxygens (including phenoxy) is 1. The van der Waals surface area contributed by atoms with Crippen molar-refractivity contribution in [1.29, 1.82) is 0 Å². The van der Waals surface area contributed by atoms with Crippen molar-refractivity contribution in [3.05, 3.63) is 41.1 Å². The van der Waals surface area contributed by atoms with Crippen LogP contribution in [-0.2, 0) is 4.79 Å². The van der Waals surface area contributed by atoms with Gasteiger partial charge in [0, 0.05) is 5.02 Å². The van der Waals surface area contributed by atoms with E-state index >= 15 is 0 Å². The van der Waals surface area contributed by atoms with Crippen LogP contribution in [0.1, 0.15) is 5.76 Å². The van der Waals surface area contributed by atoms with E-state index in [0.717, 1.165) is 0 Å². The molecular formula is C12H8ClO3. The van der Waals surface area contributed by atoms with E-state index in [0.29, 0.717) is 22.1 Å². The number of benzene rings is 1. The SMILES string of the molecule is COc1ccc(Cl)cc1-c1ccc([C]=O)o1. The van der Waals surface area contributed by atoms with Crippen LogP contribution >= 0.6 is 11.6 Å². The summed E-state index contributed by atoms with van der Waals surface area (Å²) in [7, 11) is 1.56. The fraction of sp³-hybridized carbons (Fsp3) is 0.0833. The van der Waals surface area contributed by atoms with Crippen LogP contribution in [-0.4, -0.2) is 13.4 Å². The first kappa shape index (κ1) is 10.8. The van der Waals surface area contributed by atoms with Gasteiger partial charge in [-0.25, -0.2) is 0 Å². The van der Waals surface area contributed by atoms with Crippen molar-refractivity contribution in [2.45, 2.75) is 0 Å². The lowest BCUT2D eigenvalue weighted by molar-refractivity contribution is 0.414. The molecule has 0 aliphatic heterocycles. The van der Waals surface area contributed by atoms with Crippen molar-refractivity contribution >= 4 is 17.9 Å². The Morgan fingerprint density at radius 1 is 1.31 bits per heavy atom. The zero-order chi connectivity index (χ0) is 11.5. The van der Waals surface area contributed by atoms with Crippen LogP contribution in [0, 0.1) is 0 Å². The number of halogens is 1. The van der Waals surface area contributed by atoms with E-state index in [1.54, 1.807) is 43.7 Å². The van der Waals surface area contributed by atoms with Gasteiger partial charge in [-0.1, -0.05) is 11.6 Å². The minimum Gasteiger partial charge on any atom is -0.496 e. The second-order valence-electron chi connectivity index (χ2n) is 3.11. The van der Waals surface area contributed by atoms with E-state index in [-0.39, 0.29) is 5.76 Å². The minimum atomic E-state index is 0.150. The topological polar surface area (TPSA) is 39.4 Å². The Morgan fingerprint density at radius 3 is 2.75 bits per heavy atom. The highest BCUT2D eigenvalue weighted by Crippen LogP contribution is 2.33. The molecule has 0 unspecified atom stereocenters. The van der Waals surface area contributed by atoms with Crippen molar-refractivity contribution in [2.24, 2.45) is 0 Å². The van der Waals surface area contributed by atoms with Gasteiger partial charge in [0.25, 0.3) is 6.29 Å². The molecule has 1 radical (unpaired) electrons. The molecule has 1 aromatic carbocycles. The summed E-state index contributed by atoms with van der Waals surface area (Å²) < 4.78 is 10.4. The average Bonchev–Trinajstić information content (AvgIpc) is 2.77. The molecule has 0 bridgehead atoms. The normalized spacial score (nSPS) is 10.1. The molecule has 0 spiro atoms. The summed E-state index contributed by atoms with van der Waals surface area (Å²) in [5.74, 6) is 1.31. The van der Waals surface area contributed by atoms with E-state index < -0.39 is 0 Å². The molecule has 0 saturated carbocycles. The van der Waals surface area contributed by atoms with Crippen LogP contribution in [0.15, 0.2) is 34.7 Å². The first-order valence-corrected chi connectivity index (χ1v) is 4.94. The maximum atomic E-state index is 10.4. The standard InChI is InChI=1S/C12H8ClO3/c1-15-11-4-2-8(13)6-10(11)12-5-3-9(7-14)16-12/h2-6H,1H3. The Balaban J connectivity index is 2.53. The summed E-state index contributed by atoms with van der Waals surface area (Å²) >= 11 is 5.89. The number of rotatable bonds is 3. The molecule has 3 nitrogen and oxygen atoms in total. The van der Waals surface area contributed by atoms with Crippen LogP contribution in [0.2, 0.25) is 5.02 Å². The molecule has 81 valence electrons. The summed E-state index contributed by atoms with van der Waals surface area (Å²) in [4.78, 5) is 10.4. The molecule has 0 aliphatic carbocycles. The van der Waals surface area contributed by atoms with Crippen molar-refractivity contribution in [3.63, 3.8) is 0 Å². The summed E-state index contributed by atoms with van der Waals surface area (Å²) in [6.07, 6.45) is 1.68. The van der Waals surface area contributed by atoms with E-state index in [9.17, 15) is 4.79 Å². The first-order chi connectivity index (χ1) is 7.74. The molecule has 0 fully saturated rings. The van der Waals surface area contributed by atoms with Gasteiger partial charge in [-0.15, -0.1) is 0 Å². The average molecular weight is 236 g/mol. The third kappa shape index (κ3) is 1.95. The second kappa shape index (κ2) is 4.41. The molecule has 0 N–H and O–H groups in total. The third-order valence-corrected chi connectivity index (χ3v) is 2.37. The van der Waals surface area contributed by atoms with E-state index in [2.05, 4.69) is 0 Å². The number of hydrogen-bond acceptors (Lipinski definition) is 3. The molecule has 0 saturated heterocycles. The monoisotopic (exact) mass is 235 g/mol. The van der Waals surface area contributed by atoms with Crippen LogP contribution in [0.5, 0.6) is 5.75 Å². The lowest BCUT2D eigenvalue weighted by Crippen LogP contribution is -1.86. The van der Waals surface area contributed by atoms with E-state index in [1.807, 2.05) is 0 Å². The molecule has 1 aromatic heterocycles. The second-order valence-corrected chi connectivity index (χ2v) is 3.55. The summed E-state index contributed by atoms with van der Waals surface area (Å²) in [6, 6.07) is 8.40. The number of carbonyl (C=O) groups excluding carboxylic acids is 1. The Morgan fingerprint density at radius 2 is 2.12 bits per heavy atom. The molecule has 0 amide bonds. The van der Waals surface area contributed by atoms with Gasteiger partial charge in [0.15, 0.2) is 5.76 Å². The quantitative estimate of drug-likeness (QED) is 0.821. The maximum Gasteiger partial charge on any atom is 0.271 e. The first-order valence-electron chi connectivity index (χ1n) is 4.56. The Bertz CT molecular complexity index is 517. The third-order valence-electron chi connectivity index (χ3n) is 2.13. The van der Waals surface area contributed by atoms with Gasteiger partial charge < -0.3 is 9.15 Å². The molecule has 2 aromatic rings. The number of methoxy groups -OCH3 is 1. The molecule has 4 heteroatoms. The van der Waals surface area contributed by atoms with Crippen LogP contribution in [0.4, 0.5) is 0 Å². The lowest BCUT2D eigenvalue weighted by atomic mass is 10.1. The van der Waals surface area contributed by atoms with Gasteiger partial charge in [0.05, 0.1) is 12.7 Å². The zero-order valence-corrected chi connectivity index (χ0v) is 9.25. The van der Waals surface area contributed by atoms with Gasteiger partial charge in [-0.3, -0.25) is 4.79 Å². The van der Waals surface area contributed by atoms with Crippen molar-refractivity contribution in [3.8, 4) is 17.1 Å². The van der Waals surface area contributed by atoms with Crippen molar-refractivity contribution in [1.82, 2.24) is 0 Å². The van der Waals surface area contributed by atoms with Gasteiger partial charge in [-0.05, 0) is 30.3 Å². The maximum absolute atomic E-state index is 10.4. The lowest BCUT2D eigenvalue weighted by Gasteiger charge is -2.05. The van der Waals surface area contributed by atoms with Gasteiger partial charge in [-0.2, -0.15) is 0 Å². The van der Waals surface area contributed by atoms with Gasteiger partial charge in [0.1, 0.15) is 11.5 Å². The molecule has 16 heavy (non-hydrogen) atoms. The van der Waals surface area contributed by atoms with Crippen molar-refractivity contribution < 1.29 is 13.9 Å². The van der Waals surface area contributed by atoms with Crippen LogP contribution in [0.25, 0.3) is 11.3 Å². The zero-order valence-electron chi connectivity index (χ0n) is 8.49. The molecule has 1 heterocycles. The highest BCUT2D eigenvalue weighted by atomic mass is 35.5. The number of furan rings is 1. The minimum absolute atomic E-state index is 0.150. The van der Waals surface area contributed by atoms with Crippen molar-refractivity contribution in [2.75, 3.05) is 7.11 Å². The highest BCUT2D eigenvalue weighted by Gasteiger charge is 2.10. The largest absolute Gasteiger partial charge is 0.496 e. The van der Waals surface area contributed by atoms with Gasteiger partial charge >= 0.3 is 0 Å². The Labute approximate surface area is 97.6 Å². The summed E-state index contributed by atoms with van der Waals surface area (Å²) in [5.41, 5.74) is 0.705. The number of hydrogen-bond donors (Lipinski definition) is 0. The predicted octanol–water partition coefficient (Wildman–Crippen LogP) is 3.07. The fourth-order valence-electron chi connectivity index (χ4n) is 1.41. The molecule has 0 atom stereocenters. The Kier molecular flexibility index (Phi) is 2.97. The molecule has 0 aliphatic rings. The summed E-state index contributed by atoms with van der Waals surface area (Å²) in [5, 5.41) is 0.573. The Hall–Kier alpha value is -1.74. The molecule has 2 rings (SSSR count). The fourth-order valence-corrected chi connectivity index (χ4v) is 1.58. The highest BCUT2D eigenvalue weighted by molar-refractivity contribution is 6.30. The van der Waals surface area contributed by atoms with Crippen LogP contribution in [0.3, 0.4) is 0 Å². The molecular weight excluding hydrogens is 228 g/mol. The van der Waals surface area contributed by atoms with E-state index in [1.165, 1.54) is 0 Å².